The van der Waals surface area contributed by atoms with Gasteiger partial charge in [-0.1, -0.05) is 0 Å². The molecule has 0 atom stereocenters. The summed E-state index contributed by atoms with van der Waals surface area (Å²) in [6, 6.07) is 6.76. The fourth-order valence-corrected chi connectivity index (χ4v) is 5.10. The van der Waals surface area contributed by atoms with Crippen molar-refractivity contribution in [1.82, 2.24) is 14.2 Å². The minimum absolute atomic E-state index is 0.0592. The number of nitrogens with one attached hydrogen (secondary N) is 1. The molecule has 0 aliphatic carbocycles. The second-order valence-electron chi connectivity index (χ2n) is 7.23. The average molecular weight is 406 g/mol. The molecular formula is C20H27N3O4S. The number of aromatic nitrogens is 1. The number of benzene rings is 1. The van der Waals surface area contributed by atoms with Gasteiger partial charge < -0.3 is 9.72 Å². The zero-order valence-electron chi connectivity index (χ0n) is 16.8. The van der Waals surface area contributed by atoms with E-state index in [0.29, 0.717) is 44.0 Å². The van der Waals surface area contributed by atoms with Crippen LogP contribution in [0.1, 0.15) is 27.3 Å². The van der Waals surface area contributed by atoms with Crippen LogP contribution in [0.4, 0.5) is 0 Å². The molecule has 1 aromatic carbocycles. The third-order valence-electron chi connectivity index (χ3n) is 5.15. The van der Waals surface area contributed by atoms with Gasteiger partial charge in [-0.2, -0.15) is 4.31 Å². The molecule has 1 saturated heterocycles. The lowest BCUT2D eigenvalue weighted by atomic mass is 10.1. The average Bonchev–Trinajstić information content (AvgIpc) is 3.00. The van der Waals surface area contributed by atoms with E-state index < -0.39 is 10.0 Å². The molecule has 8 heteroatoms. The molecule has 1 aliphatic heterocycles. The highest BCUT2D eigenvalue weighted by atomic mass is 32.2. The minimum atomic E-state index is -3.56. The van der Waals surface area contributed by atoms with Crippen LogP contribution in [-0.4, -0.2) is 68.2 Å². The molecule has 152 valence electrons. The second-order valence-corrected chi connectivity index (χ2v) is 9.16. The van der Waals surface area contributed by atoms with Crippen molar-refractivity contribution in [3.63, 3.8) is 0 Å². The van der Waals surface area contributed by atoms with E-state index in [9.17, 15) is 13.2 Å². The molecule has 2 heterocycles. The lowest BCUT2D eigenvalue weighted by Gasteiger charge is -2.33. The Morgan fingerprint density at radius 1 is 1.11 bits per heavy atom. The van der Waals surface area contributed by atoms with Crippen LogP contribution in [0.3, 0.4) is 0 Å². The summed E-state index contributed by atoms with van der Waals surface area (Å²) >= 11 is 0. The second kappa shape index (κ2) is 8.06. The van der Waals surface area contributed by atoms with Crippen LogP contribution in [0, 0.1) is 20.8 Å². The van der Waals surface area contributed by atoms with E-state index in [0.717, 1.165) is 17.0 Å². The Kier molecular flexibility index (Phi) is 5.92. The standard InChI is InChI=1S/C20H27N3O4S/c1-14-11-17(5-6-20(14)27-4)28(25,26)23-9-7-22(8-10-23)13-19(24)18-12-15(2)21-16(18)3/h5-6,11-12,21H,7-10,13H2,1-4H3. The van der Waals surface area contributed by atoms with Crippen molar-refractivity contribution in [2.75, 3.05) is 39.8 Å². The normalized spacial score (nSPS) is 16.3. The number of rotatable bonds is 6. The Bertz CT molecular complexity index is 973. The number of carbonyl (C=O) groups excluding carboxylic acids is 1. The largest absolute Gasteiger partial charge is 0.496 e. The van der Waals surface area contributed by atoms with E-state index in [1.807, 2.05) is 31.7 Å². The number of carbonyl (C=O) groups is 1. The van der Waals surface area contributed by atoms with E-state index in [-0.39, 0.29) is 10.7 Å². The fourth-order valence-electron chi connectivity index (χ4n) is 3.59. The predicted octanol–water partition coefficient (Wildman–Crippen LogP) is 2.14. The first-order valence-corrected chi connectivity index (χ1v) is 10.7. The lowest BCUT2D eigenvalue weighted by molar-refractivity contribution is 0.0901. The molecule has 0 amide bonds. The van der Waals surface area contributed by atoms with Crippen LogP contribution < -0.4 is 4.74 Å². The zero-order valence-corrected chi connectivity index (χ0v) is 17.6. The van der Waals surface area contributed by atoms with Crippen LogP contribution in [0.5, 0.6) is 5.75 Å². The molecule has 7 nitrogen and oxygen atoms in total. The quantitative estimate of drug-likeness (QED) is 0.745. The van der Waals surface area contributed by atoms with Crippen molar-refractivity contribution >= 4 is 15.8 Å². The molecule has 1 aromatic heterocycles. The van der Waals surface area contributed by atoms with Crippen molar-refractivity contribution in [2.45, 2.75) is 25.7 Å². The smallest absolute Gasteiger partial charge is 0.243 e. The van der Waals surface area contributed by atoms with Crippen molar-refractivity contribution in [3.8, 4) is 5.75 Å². The molecule has 0 bridgehead atoms. The van der Waals surface area contributed by atoms with Crippen LogP contribution in [0.2, 0.25) is 0 Å². The van der Waals surface area contributed by atoms with Crippen molar-refractivity contribution in [1.29, 1.82) is 0 Å². The summed E-state index contributed by atoms with van der Waals surface area (Å²) in [5.74, 6) is 0.724. The SMILES string of the molecule is COc1ccc(S(=O)(=O)N2CCN(CC(=O)c3cc(C)[nH]c3C)CC2)cc1C. The lowest BCUT2D eigenvalue weighted by Crippen LogP contribution is -2.49. The number of sulfonamides is 1. The summed E-state index contributed by atoms with van der Waals surface area (Å²) in [6.07, 6.45) is 0. The highest BCUT2D eigenvalue weighted by molar-refractivity contribution is 7.89. The highest BCUT2D eigenvalue weighted by Gasteiger charge is 2.29. The maximum absolute atomic E-state index is 12.9. The Morgan fingerprint density at radius 2 is 1.79 bits per heavy atom. The molecule has 1 N–H and O–H groups in total. The number of hydrogen-bond donors (Lipinski definition) is 1. The van der Waals surface area contributed by atoms with Gasteiger partial charge in [0.1, 0.15) is 5.75 Å². The summed E-state index contributed by atoms with van der Waals surface area (Å²) in [6.45, 7) is 7.73. The number of methoxy groups -OCH3 is 1. The minimum Gasteiger partial charge on any atom is -0.496 e. The number of nitrogens with zero attached hydrogens (tertiary/aromatic N) is 2. The molecular weight excluding hydrogens is 378 g/mol. The van der Waals surface area contributed by atoms with Gasteiger partial charge >= 0.3 is 0 Å². The maximum atomic E-state index is 12.9. The Hall–Kier alpha value is -2.16. The van der Waals surface area contributed by atoms with Gasteiger partial charge in [0.25, 0.3) is 0 Å². The first kappa shape index (κ1) is 20.6. The molecule has 0 spiro atoms. The predicted molar refractivity (Wildman–Crippen MR) is 108 cm³/mol. The highest BCUT2D eigenvalue weighted by Crippen LogP contribution is 2.24. The number of hydrogen-bond acceptors (Lipinski definition) is 5. The van der Waals surface area contributed by atoms with Gasteiger partial charge in [0.05, 0.1) is 18.6 Å². The molecule has 2 aromatic rings. The summed E-state index contributed by atoms with van der Waals surface area (Å²) in [5, 5.41) is 0. The molecule has 3 rings (SSSR count). The number of Topliss-reactive ketones (excluding diaryl/α,β-unsaturated/α-hetero) is 1. The third kappa shape index (κ3) is 4.14. The zero-order chi connectivity index (χ0) is 20.5. The molecule has 1 aliphatic rings. The first-order valence-electron chi connectivity index (χ1n) is 9.29. The van der Waals surface area contributed by atoms with Gasteiger partial charge in [0.15, 0.2) is 5.78 Å². The van der Waals surface area contributed by atoms with Crippen LogP contribution in [0.25, 0.3) is 0 Å². The Balaban J connectivity index is 1.63. The van der Waals surface area contributed by atoms with E-state index in [1.54, 1.807) is 25.3 Å². The third-order valence-corrected chi connectivity index (χ3v) is 7.05. The number of ether oxygens (including phenoxy) is 1. The van der Waals surface area contributed by atoms with Gasteiger partial charge in [0.2, 0.25) is 10.0 Å². The Morgan fingerprint density at radius 3 is 2.32 bits per heavy atom. The van der Waals surface area contributed by atoms with Gasteiger partial charge in [-0.25, -0.2) is 8.42 Å². The molecule has 28 heavy (non-hydrogen) atoms. The molecule has 0 unspecified atom stereocenters. The number of aryl methyl sites for hydroxylation is 3. The summed E-state index contributed by atoms with van der Waals surface area (Å²) in [5.41, 5.74) is 3.33. The Labute approximate surface area is 166 Å². The van der Waals surface area contributed by atoms with E-state index >= 15 is 0 Å². The number of aromatic amines is 1. The molecule has 0 saturated carbocycles. The van der Waals surface area contributed by atoms with Crippen LogP contribution >= 0.6 is 0 Å². The number of H-pyrrole nitrogens is 1. The first-order chi connectivity index (χ1) is 13.2. The monoisotopic (exact) mass is 405 g/mol. The van der Waals surface area contributed by atoms with Gasteiger partial charge in [-0.05, 0) is 50.6 Å². The number of piperazine rings is 1. The fraction of sp³-hybridized carbons (Fsp3) is 0.450. The van der Waals surface area contributed by atoms with Gasteiger partial charge in [0, 0.05) is 43.1 Å². The van der Waals surface area contributed by atoms with E-state index in [1.165, 1.54) is 4.31 Å². The molecule has 1 fully saturated rings. The van der Waals surface area contributed by atoms with Crippen molar-refractivity contribution in [2.24, 2.45) is 0 Å². The van der Waals surface area contributed by atoms with E-state index in [2.05, 4.69) is 4.98 Å². The topological polar surface area (TPSA) is 82.7 Å². The van der Waals surface area contributed by atoms with Gasteiger partial charge in [-0.3, -0.25) is 9.69 Å². The summed E-state index contributed by atoms with van der Waals surface area (Å²) < 4.78 is 32.6. The van der Waals surface area contributed by atoms with Gasteiger partial charge in [-0.15, -0.1) is 0 Å². The van der Waals surface area contributed by atoms with Crippen molar-refractivity contribution in [3.05, 3.63) is 46.8 Å². The van der Waals surface area contributed by atoms with Crippen LogP contribution in [-0.2, 0) is 10.0 Å². The maximum Gasteiger partial charge on any atom is 0.243 e. The summed E-state index contributed by atoms with van der Waals surface area (Å²) in [4.78, 5) is 18.0. The van der Waals surface area contributed by atoms with E-state index in [4.69, 9.17) is 4.74 Å². The van der Waals surface area contributed by atoms with Crippen molar-refractivity contribution < 1.29 is 17.9 Å². The van der Waals surface area contributed by atoms with Crippen LogP contribution in [0.15, 0.2) is 29.2 Å². The summed E-state index contributed by atoms with van der Waals surface area (Å²) in [7, 11) is -1.99. The molecule has 0 radical (unpaired) electrons. The number of ketones is 1.